The Morgan fingerprint density at radius 3 is 2.56 bits per heavy atom. The van der Waals surface area contributed by atoms with Crippen LogP contribution in [-0.4, -0.2) is 77.5 Å². The van der Waals surface area contributed by atoms with Crippen LogP contribution in [0, 0.1) is 11.8 Å². The van der Waals surface area contributed by atoms with Crippen LogP contribution in [0.3, 0.4) is 0 Å². The van der Waals surface area contributed by atoms with Crippen LogP contribution in [-0.2, 0) is 24.5 Å². The molecule has 0 aromatic heterocycles. The van der Waals surface area contributed by atoms with Gasteiger partial charge in [0.2, 0.25) is 5.91 Å². The van der Waals surface area contributed by atoms with Crippen LogP contribution in [0.5, 0.6) is 17.2 Å². The summed E-state index contributed by atoms with van der Waals surface area (Å²) in [4.78, 5) is 31.6. The van der Waals surface area contributed by atoms with Gasteiger partial charge in [-0.3, -0.25) is 9.69 Å². The number of ether oxygens (including phenoxy) is 5. The van der Waals surface area contributed by atoms with Crippen molar-refractivity contribution in [1.29, 1.82) is 0 Å². The fourth-order valence-electron chi connectivity index (χ4n) is 7.21. The minimum Gasteiger partial charge on any atom is -0.504 e. The summed E-state index contributed by atoms with van der Waals surface area (Å²) in [7, 11) is 6.13. The minimum atomic E-state index is -0.675. The van der Waals surface area contributed by atoms with Crippen LogP contribution in [0.25, 0.3) is 0 Å². The molecule has 0 bridgehead atoms. The summed E-state index contributed by atoms with van der Waals surface area (Å²) in [5.41, 5.74) is 1.87. The molecule has 0 radical (unpaired) electrons. The van der Waals surface area contributed by atoms with Crippen LogP contribution in [0.2, 0.25) is 0 Å². The molecule has 2 aromatic carbocycles. The van der Waals surface area contributed by atoms with Crippen LogP contribution < -0.4 is 19.1 Å². The lowest BCUT2D eigenvalue weighted by molar-refractivity contribution is -0.137. The molecule has 1 amide bonds. The van der Waals surface area contributed by atoms with Gasteiger partial charge in [-0.1, -0.05) is 31.5 Å². The number of nitrogens with zero attached hydrogens (tertiary/aromatic N) is 2. The second-order valence-corrected chi connectivity index (χ2v) is 10.9. The molecular weight excluding hydrogens is 524 g/mol. The summed E-state index contributed by atoms with van der Waals surface area (Å²) in [5, 5.41) is 0. The number of benzene rings is 2. The average Bonchev–Trinajstić information content (AvgIpc) is 3.50. The highest BCUT2D eigenvalue weighted by Crippen LogP contribution is 2.55. The van der Waals surface area contributed by atoms with Crippen molar-refractivity contribution in [2.24, 2.45) is 11.8 Å². The molecule has 41 heavy (non-hydrogen) atoms. The van der Waals surface area contributed by atoms with Gasteiger partial charge in [0.1, 0.15) is 12.4 Å². The first-order valence-electron chi connectivity index (χ1n) is 14.2. The summed E-state index contributed by atoms with van der Waals surface area (Å²) in [6, 6.07) is 13.5. The van der Waals surface area contributed by atoms with E-state index in [1.54, 1.807) is 33.5 Å². The molecule has 1 spiro atoms. The van der Waals surface area contributed by atoms with Crippen molar-refractivity contribution in [3.8, 4) is 17.2 Å². The van der Waals surface area contributed by atoms with E-state index >= 15 is 0 Å². The lowest BCUT2D eigenvalue weighted by Gasteiger charge is -2.45. The molecule has 220 valence electrons. The molecule has 5 rings (SSSR count). The van der Waals surface area contributed by atoms with Crippen molar-refractivity contribution in [2.45, 2.75) is 37.6 Å². The fourth-order valence-corrected chi connectivity index (χ4v) is 7.21. The Balaban J connectivity index is 1.41. The van der Waals surface area contributed by atoms with Gasteiger partial charge in [-0.2, -0.15) is 0 Å². The zero-order valence-corrected chi connectivity index (χ0v) is 24.6. The Labute approximate surface area is 241 Å². The monoisotopic (exact) mass is 564 g/mol. The molecule has 0 aliphatic carbocycles. The largest absolute Gasteiger partial charge is 0.504 e. The molecular formula is C32H40N2O7. The molecule has 2 fully saturated rings. The third-order valence-corrected chi connectivity index (χ3v) is 9.15. The number of amides is 1. The number of piperidine rings is 1. The first-order chi connectivity index (χ1) is 19.9. The summed E-state index contributed by atoms with van der Waals surface area (Å²) in [6.07, 6.45) is 3.87. The number of methoxy groups -OCH3 is 4. The molecule has 3 aliphatic rings. The van der Waals surface area contributed by atoms with E-state index in [1.165, 1.54) is 13.4 Å². The second kappa shape index (κ2) is 12.0. The number of hydrogen-bond donors (Lipinski definition) is 0. The van der Waals surface area contributed by atoms with E-state index in [9.17, 15) is 9.59 Å². The standard InChI is InChI=1S/C32H40N2O7/c1-6-21-19-33-14-13-32(29(33)18-23(21)24(20-37-2)30(35)40-5)25-9-7-8-10-26(25)34(31(32)36)15-16-41-22-11-12-27(38-3)28(17-22)39-4/h7-12,17,20-21,23,29H,6,13-16,18-19H2,1-5H3/b24-20+/t21-,23-,29?,32+/m0/s1. The molecule has 2 saturated heterocycles. The van der Waals surface area contributed by atoms with E-state index in [2.05, 4.69) is 17.9 Å². The Bertz CT molecular complexity index is 1310. The molecule has 4 atom stereocenters. The normalized spacial score (nSPS) is 25.6. The van der Waals surface area contributed by atoms with E-state index in [0.29, 0.717) is 42.4 Å². The lowest BCUT2D eigenvalue weighted by Crippen LogP contribution is -2.55. The summed E-state index contributed by atoms with van der Waals surface area (Å²) >= 11 is 0. The van der Waals surface area contributed by atoms with Crippen molar-refractivity contribution in [2.75, 3.05) is 59.6 Å². The smallest absolute Gasteiger partial charge is 0.337 e. The maximum atomic E-state index is 14.5. The van der Waals surface area contributed by atoms with Gasteiger partial charge in [0, 0.05) is 24.3 Å². The highest BCUT2D eigenvalue weighted by atomic mass is 16.5. The Morgan fingerprint density at radius 2 is 1.85 bits per heavy atom. The van der Waals surface area contributed by atoms with E-state index in [0.717, 1.165) is 37.2 Å². The molecule has 0 N–H and O–H groups in total. The predicted molar refractivity (Wildman–Crippen MR) is 154 cm³/mol. The van der Waals surface area contributed by atoms with Crippen molar-refractivity contribution in [3.05, 3.63) is 59.9 Å². The number of esters is 1. The Hall–Kier alpha value is -3.72. The number of carbonyl (C=O) groups is 2. The topological polar surface area (TPSA) is 86.8 Å². The quantitative estimate of drug-likeness (QED) is 0.241. The van der Waals surface area contributed by atoms with E-state index in [-0.39, 0.29) is 29.8 Å². The van der Waals surface area contributed by atoms with Crippen LogP contribution in [0.1, 0.15) is 31.7 Å². The third kappa shape index (κ3) is 4.90. The van der Waals surface area contributed by atoms with Crippen molar-refractivity contribution < 1.29 is 33.3 Å². The van der Waals surface area contributed by atoms with Gasteiger partial charge in [0.05, 0.1) is 52.2 Å². The number of hydrogen-bond acceptors (Lipinski definition) is 8. The number of fused-ring (bicyclic) bond motifs is 4. The molecule has 2 aromatic rings. The average molecular weight is 565 g/mol. The fraction of sp³-hybridized carbons (Fsp3) is 0.500. The molecule has 1 unspecified atom stereocenters. The molecule has 0 saturated carbocycles. The maximum Gasteiger partial charge on any atom is 0.337 e. The van der Waals surface area contributed by atoms with Gasteiger partial charge >= 0.3 is 5.97 Å². The third-order valence-electron chi connectivity index (χ3n) is 9.15. The first kappa shape index (κ1) is 28.8. The van der Waals surface area contributed by atoms with Gasteiger partial charge in [0.25, 0.3) is 0 Å². The van der Waals surface area contributed by atoms with Gasteiger partial charge in [-0.25, -0.2) is 4.79 Å². The Morgan fingerprint density at radius 1 is 1.07 bits per heavy atom. The summed E-state index contributed by atoms with van der Waals surface area (Å²) in [5.74, 6) is 1.79. The number of anilines is 1. The van der Waals surface area contributed by atoms with Gasteiger partial charge in [-0.15, -0.1) is 0 Å². The van der Waals surface area contributed by atoms with Gasteiger partial charge in [-0.05, 0) is 55.0 Å². The van der Waals surface area contributed by atoms with E-state index in [1.807, 2.05) is 29.2 Å². The minimum absolute atomic E-state index is 0.0365. The predicted octanol–water partition coefficient (Wildman–Crippen LogP) is 4.19. The second-order valence-electron chi connectivity index (χ2n) is 10.9. The summed E-state index contributed by atoms with van der Waals surface area (Å²) < 4.78 is 27.2. The molecule has 3 heterocycles. The molecule has 9 nitrogen and oxygen atoms in total. The highest BCUT2D eigenvalue weighted by Gasteiger charge is 2.62. The molecule has 3 aliphatic heterocycles. The number of rotatable bonds is 10. The zero-order chi connectivity index (χ0) is 29.1. The highest BCUT2D eigenvalue weighted by molar-refractivity contribution is 6.09. The first-order valence-corrected chi connectivity index (χ1v) is 14.2. The number of para-hydroxylation sites is 1. The van der Waals surface area contributed by atoms with Crippen molar-refractivity contribution >= 4 is 17.6 Å². The van der Waals surface area contributed by atoms with Crippen LogP contribution in [0.15, 0.2) is 54.3 Å². The molecule has 9 heteroatoms. The van der Waals surface area contributed by atoms with E-state index < -0.39 is 5.41 Å². The SMILES string of the molecule is CC[C@H]1CN2CC[C@]3(C(=O)N(CCOc4ccc(OC)c(OC)c4)c4ccccc43)C2C[C@@H]1/C(=C\OC)C(=O)OC. The number of carbonyl (C=O) groups excluding carboxylic acids is 2. The van der Waals surface area contributed by atoms with Gasteiger partial charge < -0.3 is 28.6 Å². The maximum absolute atomic E-state index is 14.5. The zero-order valence-electron chi connectivity index (χ0n) is 24.6. The van der Waals surface area contributed by atoms with Gasteiger partial charge in [0.15, 0.2) is 11.5 Å². The lowest BCUT2D eigenvalue weighted by atomic mass is 9.67. The Kier molecular flexibility index (Phi) is 8.45. The van der Waals surface area contributed by atoms with Crippen molar-refractivity contribution in [3.63, 3.8) is 0 Å². The van der Waals surface area contributed by atoms with Crippen molar-refractivity contribution in [1.82, 2.24) is 4.90 Å². The van der Waals surface area contributed by atoms with E-state index in [4.69, 9.17) is 23.7 Å². The van der Waals surface area contributed by atoms with Crippen LogP contribution >= 0.6 is 0 Å². The van der Waals surface area contributed by atoms with Crippen LogP contribution in [0.4, 0.5) is 5.69 Å². The summed E-state index contributed by atoms with van der Waals surface area (Å²) in [6.45, 7) is 4.55.